The number of fused-ring (bicyclic) bond motifs is 1. The van der Waals surface area contributed by atoms with Gasteiger partial charge in [-0.25, -0.2) is 4.79 Å². The average molecular weight is 423 g/mol. The van der Waals surface area contributed by atoms with Gasteiger partial charge in [-0.3, -0.25) is 0 Å². The van der Waals surface area contributed by atoms with Crippen molar-refractivity contribution < 1.29 is 18.7 Å². The first-order chi connectivity index (χ1) is 13.2. The van der Waals surface area contributed by atoms with Crippen LogP contribution in [0.4, 0.5) is 0 Å². The zero-order valence-corrected chi connectivity index (χ0v) is 15.8. The fourth-order valence-electron chi connectivity index (χ4n) is 2.62. The molecule has 134 valence electrons. The summed E-state index contributed by atoms with van der Waals surface area (Å²) in [5.74, 6) is 0.744. The topological polar surface area (TPSA) is 48.7 Å². The Bertz CT molecular complexity index is 1070. The molecule has 0 bridgehead atoms. The highest BCUT2D eigenvalue weighted by atomic mass is 79.9. The van der Waals surface area contributed by atoms with Crippen LogP contribution in [0.15, 0.2) is 87.8 Å². The number of carbonyl (C=O) groups is 1. The van der Waals surface area contributed by atoms with E-state index in [9.17, 15) is 4.79 Å². The quantitative estimate of drug-likeness (QED) is 0.292. The number of hydrogen-bond donors (Lipinski definition) is 0. The first-order valence-electron chi connectivity index (χ1n) is 8.35. The number of benzene rings is 3. The van der Waals surface area contributed by atoms with Gasteiger partial charge in [0.05, 0.1) is 0 Å². The van der Waals surface area contributed by atoms with Crippen molar-refractivity contribution in [2.45, 2.75) is 6.61 Å². The molecule has 0 unspecified atom stereocenters. The van der Waals surface area contributed by atoms with Crippen LogP contribution in [-0.2, 0) is 6.61 Å². The van der Waals surface area contributed by atoms with Crippen LogP contribution in [0.1, 0.15) is 16.1 Å². The summed E-state index contributed by atoms with van der Waals surface area (Å²) in [6.07, 6.45) is 0. The number of ether oxygens (including phenoxy) is 2. The molecule has 4 nitrogen and oxygen atoms in total. The summed E-state index contributed by atoms with van der Waals surface area (Å²) in [6.45, 7) is 0.481. The Balaban J connectivity index is 1.40. The van der Waals surface area contributed by atoms with Gasteiger partial charge < -0.3 is 13.9 Å². The predicted octanol–water partition coefficient (Wildman–Crippen LogP) is 5.99. The van der Waals surface area contributed by atoms with Gasteiger partial charge in [-0.1, -0.05) is 46.3 Å². The molecule has 0 spiro atoms. The van der Waals surface area contributed by atoms with Crippen molar-refractivity contribution in [2.75, 3.05) is 0 Å². The Morgan fingerprint density at radius 2 is 1.63 bits per heavy atom. The van der Waals surface area contributed by atoms with Crippen molar-refractivity contribution in [3.8, 4) is 11.5 Å². The summed E-state index contributed by atoms with van der Waals surface area (Å²) in [5.41, 5.74) is 1.72. The van der Waals surface area contributed by atoms with E-state index in [0.29, 0.717) is 23.7 Å². The molecule has 1 heterocycles. The summed E-state index contributed by atoms with van der Waals surface area (Å²) in [6, 6.07) is 24.0. The molecule has 0 aliphatic heterocycles. The Kier molecular flexibility index (Phi) is 4.94. The lowest BCUT2D eigenvalue weighted by molar-refractivity contribution is 0.0703. The Labute approximate surface area is 164 Å². The van der Waals surface area contributed by atoms with Crippen LogP contribution in [0.5, 0.6) is 11.5 Å². The molecule has 0 fully saturated rings. The van der Waals surface area contributed by atoms with Crippen LogP contribution in [0.2, 0.25) is 0 Å². The van der Waals surface area contributed by atoms with E-state index in [2.05, 4.69) is 15.9 Å². The number of halogens is 1. The summed E-state index contributed by atoms with van der Waals surface area (Å²) >= 11 is 3.40. The van der Waals surface area contributed by atoms with Crippen LogP contribution < -0.4 is 9.47 Å². The molecular weight excluding hydrogens is 408 g/mol. The minimum atomic E-state index is -0.541. The van der Waals surface area contributed by atoms with Gasteiger partial charge in [0.25, 0.3) is 0 Å². The Morgan fingerprint density at radius 1 is 0.889 bits per heavy atom. The van der Waals surface area contributed by atoms with E-state index in [1.807, 2.05) is 42.5 Å². The Morgan fingerprint density at radius 3 is 2.41 bits per heavy atom. The molecule has 5 heteroatoms. The van der Waals surface area contributed by atoms with Crippen LogP contribution in [-0.4, -0.2) is 5.97 Å². The third kappa shape index (κ3) is 4.20. The minimum Gasteiger partial charge on any atom is -0.489 e. The van der Waals surface area contributed by atoms with Crippen molar-refractivity contribution in [3.05, 3.63) is 94.7 Å². The first-order valence-corrected chi connectivity index (χ1v) is 9.15. The molecule has 4 aromatic rings. The van der Waals surface area contributed by atoms with Gasteiger partial charge in [0.15, 0.2) is 0 Å². The summed E-state index contributed by atoms with van der Waals surface area (Å²) in [7, 11) is 0. The van der Waals surface area contributed by atoms with Crippen LogP contribution in [0.3, 0.4) is 0 Å². The molecule has 4 rings (SSSR count). The second-order valence-corrected chi connectivity index (χ2v) is 6.84. The van der Waals surface area contributed by atoms with Crippen LogP contribution in [0.25, 0.3) is 11.0 Å². The molecule has 0 saturated heterocycles. The van der Waals surface area contributed by atoms with Crippen molar-refractivity contribution in [3.63, 3.8) is 0 Å². The van der Waals surface area contributed by atoms with Crippen molar-refractivity contribution >= 4 is 32.9 Å². The van der Waals surface area contributed by atoms with Gasteiger partial charge in [0, 0.05) is 9.86 Å². The summed E-state index contributed by atoms with van der Waals surface area (Å²) < 4.78 is 17.6. The lowest BCUT2D eigenvalue weighted by atomic mass is 10.2. The maximum Gasteiger partial charge on any atom is 0.379 e. The normalized spacial score (nSPS) is 10.7. The second kappa shape index (κ2) is 7.68. The lowest BCUT2D eigenvalue weighted by Crippen LogP contribution is -2.07. The number of hydrogen-bond acceptors (Lipinski definition) is 4. The number of rotatable bonds is 5. The maximum absolute atomic E-state index is 12.3. The van der Waals surface area contributed by atoms with Gasteiger partial charge in [-0.15, -0.1) is 0 Å². The number of esters is 1. The first kappa shape index (κ1) is 17.4. The number of carbonyl (C=O) groups excluding carboxylic acids is 1. The highest BCUT2D eigenvalue weighted by Gasteiger charge is 2.15. The summed E-state index contributed by atoms with van der Waals surface area (Å²) in [5, 5.41) is 0.834. The zero-order chi connectivity index (χ0) is 18.6. The highest BCUT2D eigenvalue weighted by Crippen LogP contribution is 2.25. The van der Waals surface area contributed by atoms with Gasteiger partial charge in [0.2, 0.25) is 5.76 Å². The molecule has 0 amide bonds. The fraction of sp³-hybridized carbons (Fsp3) is 0.0455. The molecule has 3 aromatic carbocycles. The van der Waals surface area contributed by atoms with E-state index in [1.165, 1.54) is 0 Å². The molecule has 0 aliphatic carbocycles. The van der Waals surface area contributed by atoms with E-state index >= 15 is 0 Å². The monoisotopic (exact) mass is 422 g/mol. The molecule has 1 aromatic heterocycles. The van der Waals surface area contributed by atoms with Crippen LogP contribution >= 0.6 is 15.9 Å². The van der Waals surface area contributed by atoms with Crippen molar-refractivity contribution in [1.29, 1.82) is 0 Å². The standard InChI is InChI=1S/C22H15BrO4/c23-17-6-11-20-16(12-17)13-21(27-20)22(24)26-19-9-7-18(8-10-19)25-14-15-4-2-1-3-5-15/h1-13H,14H2. The average Bonchev–Trinajstić information content (AvgIpc) is 3.11. The molecule has 27 heavy (non-hydrogen) atoms. The molecule has 0 aliphatic rings. The predicted molar refractivity (Wildman–Crippen MR) is 106 cm³/mol. The molecule has 0 N–H and O–H groups in total. The third-order valence-electron chi connectivity index (χ3n) is 3.96. The van der Waals surface area contributed by atoms with Crippen molar-refractivity contribution in [1.82, 2.24) is 0 Å². The van der Waals surface area contributed by atoms with E-state index in [0.717, 1.165) is 15.4 Å². The summed E-state index contributed by atoms with van der Waals surface area (Å²) in [4.78, 5) is 12.3. The third-order valence-corrected chi connectivity index (χ3v) is 4.46. The lowest BCUT2D eigenvalue weighted by Gasteiger charge is -2.07. The SMILES string of the molecule is O=C(Oc1ccc(OCc2ccccc2)cc1)c1cc2cc(Br)ccc2o1. The molecular formula is C22H15BrO4. The molecule has 0 atom stereocenters. The fourth-order valence-corrected chi connectivity index (χ4v) is 3.00. The number of furan rings is 1. The minimum absolute atomic E-state index is 0.160. The van der Waals surface area contributed by atoms with E-state index in [1.54, 1.807) is 36.4 Å². The molecule has 0 saturated carbocycles. The van der Waals surface area contributed by atoms with E-state index < -0.39 is 5.97 Å². The van der Waals surface area contributed by atoms with Crippen LogP contribution in [0, 0.1) is 0 Å². The maximum atomic E-state index is 12.3. The van der Waals surface area contributed by atoms with Crippen molar-refractivity contribution in [2.24, 2.45) is 0 Å². The largest absolute Gasteiger partial charge is 0.489 e. The van der Waals surface area contributed by atoms with Gasteiger partial charge >= 0.3 is 5.97 Å². The van der Waals surface area contributed by atoms with Gasteiger partial charge in [-0.2, -0.15) is 0 Å². The molecule has 0 radical (unpaired) electrons. The zero-order valence-electron chi connectivity index (χ0n) is 14.2. The van der Waals surface area contributed by atoms with Gasteiger partial charge in [-0.05, 0) is 54.1 Å². The van der Waals surface area contributed by atoms with E-state index in [-0.39, 0.29) is 5.76 Å². The highest BCUT2D eigenvalue weighted by molar-refractivity contribution is 9.10. The van der Waals surface area contributed by atoms with E-state index in [4.69, 9.17) is 13.9 Å². The van der Waals surface area contributed by atoms with Gasteiger partial charge in [0.1, 0.15) is 23.7 Å². The Hall–Kier alpha value is -3.05. The smallest absolute Gasteiger partial charge is 0.379 e. The second-order valence-electron chi connectivity index (χ2n) is 5.93.